The third-order valence-electron chi connectivity index (χ3n) is 3.34. The number of hydrogen-bond donors (Lipinski definition) is 1. The lowest BCUT2D eigenvalue weighted by molar-refractivity contribution is 0.508. The van der Waals surface area contributed by atoms with Crippen LogP contribution in [0.5, 0.6) is 0 Å². The second-order valence-electron chi connectivity index (χ2n) is 4.98. The lowest BCUT2D eigenvalue weighted by Gasteiger charge is -2.15. The van der Waals surface area contributed by atoms with Crippen LogP contribution >= 0.6 is 15.9 Å². The van der Waals surface area contributed by atoms with Crippen LogP contribution in [-0.4, -0.2) is 16.1 Å². The standard InChI is InChI=1S/C16H22BrN3/c1-3-5-16(18-4-2)13-8-9-20(11-13)12-15-7-6-14(17)10-19-15/h6-11,16,18H,3-5,12H2,1-2H3. The van der Waals surface area contributed by atoms with Crippen molar-refractivity contribution in [3.63, 3.8) is 0 Å². The zero-order valence-corrected chi connectivity index (χ0v) is 13.7. The molecule has 0 radical (unpaired) electrons. The number of aromatic nitrogens is 2. The van der Waals surface area contributed by atoms with E-state index in [0.29, 0.717) is 6.04 Å². The summed E-state index contributed by atoms with van der Waals surface area (Å²) in [6.07, 6.45) is 8.58. The smallest absolute Gasteiger partial charge is 0.0642 e. The van der Waals surface area contributed by atoms with Crippen molar-refractivity contribution in [2.75, 3.05) is 6.54 Å². The van der Waals surface area contributed by atoms with Gasteiger partial charge in [-0.2, -0.15) is 0 Å². The minimum atomic E-state index is 0.462. The van der Waals surface area contributed by atoms with Crippen molar-refractivity contribution in [3.05, 3.63) is 52.5 Å². The highest BCUT2D eigenvalue weighted by atomic mass is 79.9. The summed E-state index contributed by atoms with van der Waals surface area (Å²) in [6, 6.07) is 6.76. The van der Waals surface area contributed by atoms with Crippen LogP contribution in [0.1, 0.15) is 44.0 Å². The maximum atomic E-state index is 4.42. The molecule has 0 bridgehead atoms. The van der Waals surface area contributed by atoms with Gasteiger partial charge in [0.1, 0.15) is 0 Å². The molecule has 0 fully saturated rings. The van der Waals surface area contributed by atoms with Crippen LogP contribution in [0.4, 0.5) is 0 Å². The molecule has 2 aromatic heterocycles. The lowest BCUT2D eigenvalue weighted by Crippen LogP contribution is -2.20. The van der Waals surface area contributed by atoms with E-state index in [9.17, 15) is 0 Å². The first kappa shape index (κ1) is 15.3. The fourth-order valence-electron chi connectivity index (χ4n) is 2.37. The van der Waals surface area contributed by atoms with E-state index in [4.69, 9.17) is 0 Å². The molecule has 0 amide bonds. The highest BCUT2D eigenvalue weighted by molar-refractivity contribution is 9.10. The second kappa shape index (κ2) is 7.60. The Balaban J connectivity index is 2.05. The first-order valence-corrected chi connectivity index (χ1v) is 8.01. The zero-order chi connectivity index (χ0) is 14.4. The molecule has 0 aromatic carbocycles. The molecule has 0 aliphatic rings. The fourth-order valence-corrected chi connectivity index (χ4v) is 2.61. The van der Waals surface area contributed by atoms with Gasteiger partial charge in [-0.25, -0.2) is 0 Å². The Hall–Kier alpha value is -1.13. The third kappa shape index (κ3) is 4.18. The van der Waals surface area contributed by atoms with Gasteiger partial charge in [-0.15, -0.1) is 0 Å². The maximum absolute atomic E-state index is 4.42. The van der Waals surface area contributed by atoms with Gasteiger partial charge in [0.15, 0.2) is 0 Å². The van der Waals surface area contributed by atoms with E-state index >= 15 is 0 Å². The summed E-state index contributed by atoms with van der Waals surface area (Å²) < 4.78 is 3.22. The van der Waals surface area contributed by atoms with E-state index < -0.39 is 0 Å². The molecule has 3 nitrogen and oxygen atoms in total. The average Bonchev–Trinajstić information content (AvgIpc) is 2.90. The number of hydrogen-bond acceptors (Lipinski definition) is 2. The molecule has 108 valence electrons. The number of nitrogens with zero attached hydrogens (tertiary/aromatic N) is 2. The SMILES string of the molecule is CCCC(NCC)c1ccn(Cc2ccc(Br)cn2)c1. The summed E-state index contributed by atoms with van der Waals surface area (Å²) in [4.78, 5) is 4.42. The molecule has 4 heteroatoms. The largest absolute Gasteiger partial charge is 0.348 e. The second-order valence-corrected chi connectivity index (χ2v) is 5.90. The Morgan fingerprint density at radius 3 is 2.80 bits per heavy atom. The van der Waals surface area contributed by atoms with Crippen molar-refractivity contribution in [1.82, 2.24) is 14.9 Å². The van der Waals surface area contributed by atoms with Crippen LogP contribution in [0, 0.1) is 0 Å². The molecule has 0 saturated carbocycles. The fraction of sp³-hybridized carbons (Fsp3) is 0.438. The van der Waals surface area contributed by atoms with Crippen molar-refractivity contribution >= 4 is 15.9 Å². The summed E-state index contributed by atoms with van der Waals surface area (Å²) >= 11 is 3.41. The number of halogens is 1. The Morgan fingerprint density at radius 1 is 1.30 bits per heavy atom. The van der Waals surface area contributed by atoms with Crippen LogP contribution in [0.2, 0.25) is 0 Å². The van der Waals surface area contributed by atoms with Gasteiger partial charge in [-0.1, -0.05) is 20.3 Å². The highest BCUT2D eigenvalue weighted by Crippen LogP contribution is 2.19. The average molecular weight is 336 g/mol. The van der Waals surface area contributed by atoms with Gasteiger partial charge in [0, 0.05) is 29.1 Å². The first-order chi connectivity index (χ1) is 9.72. The molecule has 2 rings (SSSR count). The molecule has 20 heavy (non-hydrogen) atoms. The van der Waals surface area contributed by atoms with Crippen LogP contribution in [0.3, 0.4) is 0 Å². The van der Waals surface area contributed by atoms with E-state index in [2.05, 4.69) is 69.2 Å². The van der Waals surface area contributed by atoms with Crippen LogP contribution in [0.15, 0.2) is 41.3 Å². The normalized spacial score (nSPS) is 12.6. The molecule has 1 unspecified atom stereocenters. The van der Waals surface area contributed by atoms with E-state index in [1.54, 1.807) is 0 Å². The Labute approximate surface area is 129 Å². The van der Waals surface area contributed by atoms with Crippen LogP contribution in [0.25, 0.3) is 0 Å². The van der Waals surface area contributed by atoms with Crippen LogP contribution in [-0.2, 0) is 6.54 Å². The van der Waals surface area contributed by atoms with Gasteiger partial charge in [-0.05, 0) is 52.7 Å². The molecule has 2 heterocycles. The molecule has 2 aromatic rings. The van der Waals surface area contributed by atoms with E-state index in [1.807, 2.05) is 12.3 Å². The Morgan fingerprint density at radius 2 is 2.15 bits per heavy atom. The quantitative estimate of drug-likeness (QED) is 0.823. The molecule has 0 saturated heterocycles. The van der Waals surface area contributed by atoms with Gasteiger partial charge < -0.3 is 9.88 Å². The van der Waals surface area contributed by atoms with Crippen molar-refractivity contribution in [3.8, 4) is 0 Å². The predicted molar refractivity (Wildman–Crippen MR) is 86.8 cm³/mol. The number of pyridine rings is 1. The predicted octanol–water partition coefficient (Wildman–Crippen LogP) is 4.14. The summed E-state index contributed by atoms with van der Waals surface area (Å²) in [5, 5.41) is 3.55. The topological polar surface area (TPSA) is 29.9 Å². The third-order valence-corrected chi connectivity index (χ3v) is 3.81. The van der Waals surface area contributed by atoms with Crippen LogP contribution < -0.4 is 5.32 Å². The van der Waals surface area contributed by atoms with Gasteiger partial charge in [0.05, 0.1) is 12.2 Å². The van der Waals surface area contributed by atoms with Gasteiger partial charge in [0.25, 0.3) is 0 Å². The Kier molecular flexibility index (Phi) is 5.80. The van der Waals surface area contributed by atoms with E-state index in [0.717, 1.165) is 23.3 Å². The molecule has 1 N–H and O–H groups in total. The summed E-state index contributed by atoms with van der Waals surface area (Å²) in [5.74, 6) is 0. The van der Waals surface area contributed by atoms with E-state index in [-0.39, 0.29) is 0 Å². The van der Waals surface area contributed by atoms with Gasteiger partial charge >= 0.3 is 0 Å². The van der Waals surface area contributed by atoms with E-state index in [1.165, 1.54) is 18.4 Å². The zero-order valence-electron chi connectivity index (χ0n) is 12.1. The Bertz CT molecular complexity index is 513. The monoisotopic (exact) mass is 335 g/mol. The minimum absolute atomic E-state index is 0.462. The number of nitrogens with one attached hydrogen (secondary N) is 1. The lowest BCUT2D eigenvalue weighted by atomic mass is 10.1. The first-order valence-electron chi connectivity index (χ1n) is 7.22. The molecular formula is C16H22BrN3. The minimum Gasteiger partial charge on any atom is -0.348 e. The molecular weight excluding hydrogens is 314 g/mol. The highest BCUT2D eigenvalue weighted by Gasteiger charge is 2.10. The van der Waals surface area contributed by atoms with Crippen molar-refractivity contribution in [1.29, 1.82) is 0 Å². The van der Waals surface area contributed by atoms with Crippen molar-refractivity contribution < 1.29 is 0 Å². The summed E-state index contributed by atoms with van der Waals surface area (Å²) in [6.45, 7) is 6.21. The number of rotatable bonds is 7. The molecule has 0 spiro atoms. The molecule has 0 aliphatic heterocycles. The summed E-state index contributed by atoms with van der Waals surface area (Å²) in [5.41, 5.74) is 2.44. The molecule has 0 aliphatic carbocycles. The summed E-state index contributed by atoms with van der Waals surface area (Å²) in [7, 11) is 0. The van der Waals surface area contributed by atoms with Gasteiger partial charge in [-0.3, -0.25) is 4.98 Å². The van der Waals surface area contributed by atoms with Crippen molar-refractivity contribution in [2.24, 2.45) is 0 Å². The molecule has 1 atom stereocenters. The maximum Gasteiger partial charge on any atom is 0.0642 e. The van der Waals surface area contributed by atoms with Crippen molar-refractivity contribution in [2.45, 2.75) is 39.3 Å². The van der Waals surface area contributed by atoms with Gasteiger partial charge in [0.2, 0.25) is 0 Å².